The number of nitrogens with one attached hydrogen (secondary N) is 1. The molecule has 0 aliphatic heterocycles. The highest BCUT2D eigenvalue weighted by molar-refractivity contribution is 5.89. The zero-order chi connectivity index (χ0) is 22.1. The van der Waals surface area contributed by atoms with Crippen LogP contribution in [0.15, 0.2) is 42.9 Å². The van der Waals surface area contributed by atoms with E-state index in [4.69, 9.17) is 5.73 Å². The van der Waals surface area contributed by atoms with Gasteiger partial charge in [0.2, 0.25) is 0 Å². The largest absolute Gasteiger partial charge is 0.573 e. The summed E-state index contributed by atoms with van der Waals surface area (Å²) in [6.45, 7) is 0. The Labute approximate surface area is 163 Å². The van der Waals surface area contributed by atoms with Crippen molar-refractivity contribution in [1.29, 1.82) is 0 Å². The predicted octanol–water partition coefficient (Wildman–Crippen LogP) is 3.74. The van der Waals surface area contributed by atoms with Crippen molar-refractivity contribution in [3.8, 4) is 23.0 Å². The standard InChI is InChI=1S/C16H10F6N6O2/c17-15(18,19)10-5-8(1-3-11(10)26-14(23)29)13-25-7-28(27-13)12-4-2-9(6-24-12)30-16(20,21)22/h1-7H,(H3,23,26,29). The summed E-state index contributed by atoms with van der Waals surface area (Å²) in [5.41, 5.74) is 3.13. The number of benzene rings is 1. The van der Waals surface area contributed by atoms with Gasteiger partial charge in [-0.2, -0.15) is 13.2 Å². The first kappa shape index (κ1) is 20.9. The van der Waals surface area contributed by atoms with Crippen LogP contribution in [0.4, 0.5) is 36.8 Å². The van der Waals surface area contributed by atoms with E-state index in [9.17, 15) is 31.1 Å². The summed E-state index contributed by atoms with van der Waals surface area (Å²) in [4.78, 5) is 18.5. The molecule has 8 nitrogen and oxygen atoms in total. The van der Waals surface area contributed by atoms with Gasteiger partial charge < -0.3 is 15.8 Å². The Morgan fingerprint density at radius 3 is 2.37 bits per heavy atom. The van der Waals surface area contributed by atoms with Crippen molar-refractivity contribution in [2.24, 2.45) is 5.73 Å². The molecule has 2 amide bonds. The molecule has 0 saturated carbocycles. The minimum Gasteiger partial charge on any atom is -0.404 e. The highest BCUT2D eigenvalue weighted by Gasteiger charge is 2.34. The first-order valence-corrected chi connectivity index (χ1v) is 7.84. The smallest absolute Gasteiger partial charge is 0.404 e. The lowest BCUT2D eigenvalue weighted by Crippen LogP contribution is -2.22. The molecule has 1 aromatic carbocycles. The summed E-state index contributed by atoms with van der Waals surface area (Å²) in [5.74, 6) is -0.631. The normalized spacial score (nSPS) is 11.9. The fourth-order valence-corrected chi connectivity index (χ4v) is 2.37. The van der Waals surface area contributed by atoms with Crippen LogP contribution in [-0.4, -0.2) is 32.1 Å². The molecule has 3 aromatic rings. The third-order valence-corrected chi connectivity index (χ3v) is 3.52. The summed E-state index contributed by atoms with van der Waals surface area (Å²) in [5, 5.41) is 5.85. The Kier molecular flexibility index (Phi) is 5.24. The average molecular weight is 432 g/mol. The van der Waals surface area contributed by atoms with Crippen molar-refractivity contribution < 1.29 is 35.9 Å². The SMILES string of the molecule is NC(=O)Nc1ccc(-c2ncn(-c3ccc(OC(F)(F)F)cn3)n2)cc1C(F)(F)F. The third-order valence-electron chi connectivity index (χ3n) is 3.52. The number of alkyl halides is 6. The number of anilines is 1. The Balaban J connectivity index is 1.89. The molecular weight excluding hydrogens is 422 g/mol. The monoisotopic (exact) mass is 432 g/mol. The number of primary amides is 1. The number of carbonyl (C=O) groups excluding carboxylic acids is 1. The molecule has 3 N–H and O–H groups in total. The van der Waals surface area contributed by atoms with E-state index in [1.165, 1.54) is 6.07 Å². The van der Waals surface area contributed by atoms with Crippen LogP contribution in [0.1, 0.15) is 5.56 Å². The van der Waals surface area contributed by atoms with Gasteiger partial charge in [0.15, 0.2) is 11.6 Å². The third kappa shape index (κ3) is 4.95. The molecule has 0 unspecified atom stereocenters. The number of nitrogens with two attached hydrogens (primary N) is 1. The van der Waals surface area contributed by atoms with Gasteiger partial charge in [0.25, 0.3) is 0 Å². The molecule has 0 spiro atoms. The topological polar surface area (TPSA) is 108 Å². The van der Waals surface area contributed by atoms with Gasteiger partial charge in [-0.3, -0.25) is 0 Å². The van der Waals surface area contributed by atoms with Crippen LogP contribution in [-0.2, 0) is 6.18 Å². The van der Waals surface area contributed by atoms with Crippen LogP contribution in [0.2, 0.25) is 0 Å². The summed E-state index contributed by atoms with van der Waals surface area (Å²) >= 11 is 0. The molecule has 3 rings (SSSR count). The molecule has 0 aliphatic rings. The van der Waals surface area contributed by atoms with Crippen LogP contribution in [0.5, 0.6) is 5.75 Å². The Morgan fingerprint density at radius 1 is 1.07 bits per heavy atom. The minimum atomic E-state index is -4.88. The van der Waals surface area contributed by atoms with E-state index in [2.05, 4.69) is 19.8 Å². The summed E-state index contributed by atoms with van der Waals surface area (Å²) in [6, 6.07) is 3.92. The lowest BCUT2D eigenvalue weighted by atomic mass is 10.1. The number of nitrogens with zero attached hydrogens (tertiary/aromatic N) is 4. The second-order valence-electron chi connectivity index (χ2n) is 5.66. The molecule has 0 aliphatic carbocycles. The van der Waals surface area contributed by atoms with Gasteiger partial charge in [-0.05, 0) is 30.3 Å². The molecule has 30 heavy (non-hydrogen) atoms. The van der Waals surface area contributed by atoms with Gasteiger partial charge in [-0.1, -0.05) is 0 Å². The maximum absolute atomic E-state index is 13.3. The van der Waals surface area contributed by atoms with E-state index >= 15 is 0 Å². The summed E-state index contributed by atoms with van der Waals surface area (Å²) in [7, 11) is 0. The number of hydrogen-bond donors (Lipinski definition) is 2. The zero-order valence-electron chi connectivity index (χ0n) is 14.5. The van der Waals surface area contributed by atoms with Crippen molar-refractivity contribution in [3.63, 3.8) is 0 Å². The number of pyridine rings is 1. The molecule has 0 atom stereocenters. The first-order valence-electron chi connectivity index (χ1n) is 7.84. The number of halogens is 6. The summed E-state index contributed by atoms with van der Waals surface area (Å²) < 4.78 is 81.1. The molecule has 2 heterocycles. The predicted molar refractivity (Wildman–Crippen MR) is 89.5 cm³/mol. The Hall–Kier alpha value is -3.84. The van der Waals surface area contributed by atoms with Crippen molar-refractivity contribution in [1.82, 2.24) is 19.7 Å². The van der Waals surface area contributed by atoms with E-state index in [1.54, 1.807) is 0 Å². The molecule has 14 heteroatoms. The maximum Gasteiger partial charge on any atom is 0.573 e. The number of aromatic nitrogens is 4. The van der Waals surface area contributed by atoms with Crippen LogP contribution in [0, 0.1) is 0 Å². The van der Waals surface area contributed by atoms with Crippen LogP contribution in [0.3, 0.4) is 0 Å². The van der Waals surface area contributed by atoms with Crippen LogP contribution >= 0.6 is 0 Å². The van der Waals surface area contributed by atoms with E-state index in [1.807, 2.05) is 5.32 Å². The van der Waals surface area contributed by atoms with Crippen LogP contribution < -0.4 is 15.8 Å². The molecule has 158 valence electrons. The zero-order valence-corrected chi connectivity index (χ0v) is 14.5. The fraction of sp³-hybridized carbons (Fsp3) is 0.125. The van der Waals surface area contributed by atoms with Gasteiger partial charge in [-0.25, -0.2) is 19.4 Å². The van der Waals surface area contributed by atoms with E-state index in [-0.39, 0.29) is 17.2 Å². The molecular formula is C16H10F6N6O2. The number of amides is 2. The van der Waals surface area contributed by atoms with Crippen molar-refractivity contribution in [2.75, 3.05) is 5.32 Å². The highest BCUT2D eigenvalue weighted by Crippen LogP contribution is 2.37. The number of urea groups is 1. The second-order valence-corrected chi connectivity index (χ2v) is 5.66. The van der Waals surface area contributed by atoms with Crippen molar-refractivity contribution in [2.45, 2.75) is 12.5 Å². The Morgan fingerprint density at radius 2 is 1.80 bits per heavy atom. The quantitative estimate of drug-likeness (QED) is 0.611. The van der Waals surface area contributed by atoms with Crippen molar-refractivity contribution in [3.05, 3.63) is 48.4 Å². The van der Waals surface area contributed by atoms with Crippen LogP contribution in [0.25, 0.3) is 17.2 Å². The molecule has 0 bridgehead atoms. The molecule has 0 radical (unpaired) electrons. The summed E-state index contributed by atoms with van der Waals surface area (Å²) in [6.07, 6.45) is -7.76. The molecule has 0 fully saturated rings. The van der Waals surface area contributed by atoms with Gasteiger partial charge in [-0.15, -0.1) is 18.3 Å². The van der Waals surface area contributed by atoms with Gasteiger partial charge >= 0.3 is 18.6 Å². The van der Waals surface area contributed by atoms with Crippen molar-refractivity contribution >= 4 is 11.7 Å². The first-order chi connectivity index (χ1) is 13.9. The van der Waals surface area contributed by atoms with E-state index in [0.29, 0.717) is 0 Å². The van der Waals surface area contributed by atoms with Gasteiger partial charge in [0, 0.05) is 5.56 Å². The minimum absolute atomic E-state index is 0.0341. The molecule has 0 saturated heterocycles. The number of ether oxygens (including phenoxy) is 1. The lowest BCUT2D eigenvalue weighted by molar-refractivity contribution is -0.274. The molecule has 2 aromatic heterocycles. The maximum atomic E-state index is 13.3. The number of rotatable bonds is 4. The van der Waals surface area contributed by atoms with Gasteiger partial charge in [0.1, 0.15) is 12.1 Å². The fourth-order valence-electron chi connectivity index (χ4n) is 2.37. The van der Waals surface area contributed by atoms with E-state index < -0.39 is 35.6 Å². The van der Waals surface area contributed by atoms with Gasteiger partial charge in [0.05, 0.1) is 17.4 Å². The number of carbonyl (C=O) groups is 1. The Bertz CT molecular complexity index is 1060. The average Bonchev–Trinajstić information content (AvgIpc) is 3.10. The number of hydrogen-bond acceptors (Lipinski definition) is 5. The second kappa shape index (κ2) is 7.53. The van der Waals surface area contributed by atoms with E-state index in [0.717, 1.165) is 41.5 Å². The highest BCUT2D eigenvalue weighted by atomic mass is 19.4. The lowest BCUT2D eigenvalue weighted by Gasteiger charge is -2.13.